The lowest BCUT2D eigenvalue weighted by Crippen LogP contribution is -2.42. The SMILES string of the molecule is CCOCCOCc1cccc(CNC(=NC)NC(C)CCc2ccccc2)c1.I. The number of guanidine groups is 1. The van der Waals surface area contributed by atoms with E-state index in [0.717, 1.165) is 32.0 Å². The van der Waals surface area contributed by atoms with Gasteiger partial charge in [-0.1, -0.05) is 54.6 Å². The summed E-state index contributed by atoms with van der Waals surface area (Å²) in [5, 5.41) is 6.88. The molecule has 1 atom stereocenters. The Bertz CT molecular complexity index is 725. The summed E-state index contributed by atoms with van der Waals surface area (Å²) in [4.78, 5) is 4.35. The predicted octanol–water partition coefficient (Wildman–Crippen LogP) is 4.54. The standard InChI is InChI=1S/C24H35N3O2.HI/c1-4-28-15-16-29-19-23-12-8-11-22(17-23)18-26-24(25-3)27-20(2)13-14-21-9-6-5-7-10-21;/h5-12,17,20H,4,13-16,18-19H2,1-3H3,(H2,25,26,27);1H. The lowest BCUT2D eigenvalue weighted by Gasteiger charge is -2.18. The first-order valence-electron chi connectivity index (χ1n) is 10.5. The van der Waals surface area contributed by atoms with Crippen molar-refractivity contribution in [3.8, 4) is 0 Å². The third-order valence-electron chi connectivity index (χ3n) is 4.61. The number of rotatable bonds is 12. The van der Waals surface area contributed by atoms with Gasteiger partial charge >= 0.3 is 0 Å². The molecule has 0 spiro atoms. The number of nitrogens with zero attached hydrogens (tertiary/aromatic N) is 1. The van der Waals surface area contributed by atoms with Gasteiger partial charge in [0.1, 0.15) is 0 Å². The summed E-state index contributed by atoms with van der Waals surface area (Å²) in [6, 6.07) is 19.4. The molecule has 0 aromatic heterocycles. The van der Waals surface area contributed by atoms with Gasteiger partial charge in [0.05, 0.1) is 19.8 Å². The van der Waals surface area contributed by atoms with Crippen LogP contribution in [0.15, 0.2) is 59.6 Å². The zero-order valence-electron chi connectivity index (χ0n) is 18.4. The van der Waals surface area contributed by atoms with E-state index in [9.17, 15) is 0 Å². The van der Waals surface area contributed by atoms with Crippen LogP contribution in [-0.4, -0.2) is 38.9 Å². The van der Waals surface area contributed by atoms with Crippen LogP contribution in [-0.2, 0) is 29.0 Å². The highest BCUT2D eigenvalue weighted by atomic mass is 127. The molecule has 2 N–H and O–H groups in total. The lowest BCUT2D eigenvalue weighted by molar-refractivity contribution is 0.0453. The Morgan fingerprint density at radius 2 is 1.67 bits per heavy atom. The van der Waals surface area contributed by atoms with Gasteiger partial charge in [-0.05, 0) is 43.4 Å². The lowest BCUT2D eigenvalue weighted by atomic mass is 10.1. The third kappa shape index (κ3) is 10.9. The van der Waals surface area contributed by atoms with E-state index in [1.807, 2.05) is 14.0 Å². The van der Waals surface area contributed by atoms with Gasteiger partial charge in [0.25, 0.3) is 0 Å². The minimum absolute atomic E-state index is 0. The second-order valence-corrected chi connectivity index (χ2v) is 7.06. The molecule has 0 saturated carbocycles. The smallest absolute Gasteiger partial charge is 0.191 e. The number of hydrogen-bond acceptors (Lipinski definition) is 3. The van der Waals surface area contributed by atoms with Gasteiger partial charge in [-0.3, -0.25) is 4.99 Å². The average molecular weight is 525 g/mol. The van der Waals surface area contributed by atoms with Crippen LogP contribution in [0.2, 0.25) is 0 Å². The fraction of sp³-hybridized carbons (Fsp3) is 0.458. The number of nitrogens with one attached hydrogen (secondary N) is 2. The third-order valence-corrected chi connectivity index (χ3v) is 4.61. The zero-order chi connectivity index (χ0) is 20.7. The van der Waals surface area contributed by atoms with Crippen molar-refractivity contribution in [3.05, 3.63) is 71.3 Å². The largest absolute Gasteiger partial charge is 0.379 e. The van der Waals surface area contributed by atoms with E-state index >= 15 is 0 Å². The molecule has 0 saturated heterocycles. The van der Waals surface area contributed by atoms with Crippen molar-refractivity contribution in [1.82, 2.24) is 10.6 Å². The van der Waals surface area contributed by atoms with E-state index in [1.54, 1.807) is 0 Å². The number of benzene rings is 2. The highest BCUT2D eigenvalue weighted by molar-refractivity contribution is 14.0. The van der Waals surface area contributed by atoms with Gasteiger partial charge in [-0.25, -0.2) is 0 Å². The Morgan fingerprint density at radius 3 is 2.40 bits per heavy atom. The van der Waals surface area contributed by atoms with Crippen LogP contribution >= 0.6 is 24.0 Å². The molecule has 0 aliphatic carbocycles. The minimum atomic E-state index is 0. The van der Waals surface area contributed by atoms with Crippen molar-refractivity contribution in [2.75, 3.05) is 26.9 Å². The first-order chi connectivity index (χ1) is 14.2. The molecule has 2 rings (SSSR count). The summed E-state index contributed by atoms with van der Waals surface area (Å²) >= 11 is 0. The topological polar surface area (TPSA) is 54.9 Å². The van der Waals surface area contributed by atoms with Gasteiger partial charge in [0, 0.05) is 26.2 Å². The molecule has 5 nitrogen and oxygen atoms in total. The molecule has 0 radical (unpaired) electrons. The number of aryl methyl sites for hydroxylation is 1. The summed E-state index contributed by atoms with van der Waals surface area (Å²) in [5.41, 5.74) is 3.74. The highest BCUT2D eigenvalue weighted by Gasteiger charge is 2.06. The predicted molar refractivity (Wildman–Crippen MR) is 136 cm³/mol. The molecule has 0 amide bonds. The molecule has 0 aliphatic rings. The molecular weight excluding hydrogens is 489 g/mol. The van der Waals surface area contributed by atoms with Gasteiger partial charge in [0.15, 0.2) is 5.96 Å². The van der Waals surface area contributed by atoms with Crippen LogP contribution in [0.5, 0.6) is 0 Å². The number of aliphatic imine (C=N–C) groups is 1. The second-order valence-electron chi connectivity index (χ2n) is 7.06. The van der Waals surface area contributed by atoms with E-state index in [0.29, 0.717) is 25.9 Å². The van der Waals surface area contributed by atoms with Crippen molar-refractivity contribution in [1.29, 1.82) is 0 Å². The molecule has 0 fully saturated rings. The average Bonchev–Trinajstić information content (AvgIpc) is 2.76. The molecule has 0 heterocycles. The Labute approximate surface area is 198 Å². The maximum Gasteiger partial charge on any atom is 0.191 e. The second kappa shape index (κ2) is 16.1. The van der Waals surface area contributed by atoms with Crippen LogP contribution < -0.4 is 10.6 Å². The maximum absolute atomic E-state index is 5.66. The first-order valence-corrected chi connectivity index (χ1v) is 10.5. The van der Waals surface area contributed by atoms with Gasteiger partial charge in [-0.2, -0.15) is 0 Å². The van der Waals surface area contributed by atoms with E-state index < -0.39 is 0 Å². The van der Waals surface area contributed by atoms with E-state index in [1.165, 1.54) is 16.7 Å². The van der Waals surface area contributed by atoms with Gasteiger partial charge in [-0.15, -0.1) is 24.0 Å². The van der Waals surface area contributed by atoms with Gasteiger partial charge in [0.2, 0.25) is 0 Å². The van der Waals surface area contributed by atoms with Crippen molar-refractivity contribution >= 4 is 29.9 Å². The van der Waals surface area contributed by atoms with Crippen LogP contribution in [0.1, 0.15) is 37.0 Å². The Balaban J connectivity index is 0.00000450. The van der Waals surface area contributed by atoms with Crippen LogP contribution in [0.25, 0.3) is 0 Å². The van der Waals surface area contributed by atoms with Crippen LogP contribution in [0.3, 0.4) is 0 Å². The van der Waals surface area contributed by atoms with Crippen molar-refractivity contribution < 1.29 is 9.47 Å². The van der Waals surface area contributed by atoms with Crippen LogP contribution in [0.4, 0.5) is 0 Å². The summed E-state index contributed by atoms with van der Waals surface area (Å²) in [6.07, 6.45) is 2.11. The summed E-state index contributed by atoms with van der Waals surface area (Å²) in [7, 11) is 1.81. The Hall–Kier alpha value is -1.64. The fourth-order valence-corrected chi connectivity index (χ4v) is 3.00. The molecule has 2 aromatic rings. The Kier molecular flexibility index (Phi) is 14.2. The molecule has 30 heavy (non-hydrogen) atoms. The van der Waals surface area contributed by atoms with Crippen LogP contribution in [0, 0.1) is 0 Å². The summed E-state index contributed by atoms with van der Waals surface area (Å²) in [5.74, 6) is 0.823. The minimum Gasteiger partial charge on any atom is -0.379 e. The fourth-order valence-electron chi connectivity index (χ4n) is 3.00. The van der Waals surface area contributed by atoms with Crippen molar-refractivity contribution in [3.63, 3.8) is 0 Å². The highest BCUT2D eigenvalue weighted by Crippen LogP contribution is 2.07. The number of ether oxygens (including phenoxy) is 2. The van der Waals surface area contributed by atoms with Gasteiger partial charge < -0.3 is 20.1 Å². The summed E-state index contributed by atoms with van der Waals surface area (Å²) in [6.45, 7) is 7.49. The number of hydrogen-bond donors (Lipinski definition) is 2. The first kappa shape index (κ1) is 26.4. The van der Waals surface area contributed by atoms with Crippen molar-refractivity contribution in [2.45, 2.75) is 45.9 Å². The number of halogens is 1. The molecule has 1 unspecified atom stereocenters. The molecule has 0 bridgehead atoms. The molecule has 166 valence electrons. The normalized spacial score (nSPS) is 12.2. The summed E-state index contributed by atoms with van der Waals surface area (Å²) < 4.78 is 10.9. The zero-order valence-corrected chi connectivity index (χ0v) is 20.7. The maximum atomic E-state index is 5.66. The monoisotopic (exact) mass is 525 g/mol. The van der Waals surface area contributed by atoms with E-state index in [-0.39, 0.29) is 24.0 Å². The van der Waals surface area contributed by atoms with E-state index in [2.05, 4.69) is 77.1 Å². The molecule has 2 aromatic carbocycles. The Morgan fingerprint density at radius 1 is 0.967 bits per heavy atom. The van der Waals surface area contributed by atoms with E-state index in [4.69, 9.17) is 9.47 Å². The van der Waals surface area contributed by atoms with Crippen molar-refractivity contribution in [2.24, 2.45) is 4.99 Å². The molecule has 6 heteroatoms. The molecular formula is C24H36IN3O2. The quantitative estimate of drug-likeness (QED) is 0.185. The molecule has 0 aliphatic heterocycles.